The largest absolute Gasteiger partial charge is 0.467 e. The maximum atomic E-state index is 12.7. The Morgan fingerprint density at radius 2 is 1.81 bits per heavy atom. The lowest BCUT2D eigenvalue weighted by molar-refractivity contribution is -0.143. The van der Waals surface area contributed by atoms with Gasteiger partial charge in [0, 0.05) is 11.3 Å². The number of carbonyl (C=O) groups is 3. The Labute approximate surface area is 158 Å². The molecule has 144 valence electrons. The number of nitrogens with two attached hydrogens (primary N) is 2. The van der Waals surface area contributed by atoms with Crippen molar-refractivity contribution in [3.8, 4) is 11.1 Å². The fourth-order valence-electron chi connectivity index (χ4n) is 2.54. The van der Waals surface area contributed by atoms with E-state index in [0.29, 0.717) is 17.7 Å². The van der Waals surface area contributed by atoms with Gasteiger partial charge in [0.2, 0.25) is 6.41 Å². The number of benzene rings is 2. The van der Waals surface area contributed by atoms with Gasteiger partial charge in [-0.15, -0.1) is 0 Å². The molecule has 0 heterocycles. The molecule has 0 spiro atoms. The summed E-state index contributed by atoms with van der Waals surface area (Å²) in [6.45, 7) is 1.94. The summed E-state index contributed by atoms with van der Waals surface area (Å²) >= 11 is 0. The van der Waals surface area contributed by atoms with Crippen LogP contribution in [0.5, 0.6) is 0 Å². The Morgan fingerprint density at radius 1 is 1.19 bits per heavy atom. The molecule has 0 aliphatic heterocycles. The van der Waals surface area contributed by atoms with Crippen molar-refractivity contribution >= 4 is 24.0 Å². The van der Waals surface area contributed by atoms with Gasteiger partial charge in [-0.05, 0) is 29.7 Å². The van der Waals surface area contributed by atoms with Gasteiger partial charge < -0.3 is 21.5 Å². The molecule has 7 heteroatoms. The second-order valence-electron chi connectivity index (χ2n) is 5.65. The Bertz CT molecular complexity index is 763. The molecule has 0 radical (unpaired) electrons. The number of hydrogen-bond donors (Lipinski definition) is 3. The number of carbonyl (C=O) groups excluding carboxylic acids is 3. The minimum Gasteiger partial charge on any atom is -0.467 e. The zero-order chi connectivity index (χ0) is 20.2. The summed E-state index contributed by atoms with van der Waals surface area (Å²) in [6, 6.07) is 14.1. The van der Waals surface area contributed by atoms with Gasteiger partial charge in [-0.25, -0.2) is 4.79 Å². The van der Waals surface area contributed by atoms with Gasteiger partial charge in [-0.2, -0.15) is 0 Å². The van der Waals surface area contributed by atoms with Gasteiger partial charge in [0.25, 0.3) is 5.91 Å². The molecule has 0 saturated carbocycles. The SMILES string of the molecule is CCCC(NC(=O)c1cc(N)ccc1-c1ccccc1)C(=O)OC.NC=O. The topological polar surface area (TPSA) is 125 Å². The van der Waals surface area contributed by atoms with Crippen LogP contribution in [-0.2, 0) is 14.3 Å². The molecule has 0 aliphatic rings. The first-order valence-electron chi connectivity index (χ1n) is 8.47. The highest BCUT2D eigenvalue weighted by molar-refractivity contribution is 6.03. The average molecular weight is 371 g/mol. The number of esters is 1. The lowest BCUT2D eigenvalue weighted by Crippen LogP contribution is -2.41. The maximum absolute atomic E-state index is 12.7. The minimum atomic E-state index is -0.669. The third-order valence-electron chi connectivity index (χ3n) is 3.74. The van der Waals surface area contributed by atoms with Crippen LogP contribution >= 0.6 is 0 Å². The third-order valence-corrected chi connectivity index (χ3v) is 3.74. The van der Waals surface area contributed by atoms with E-state index in [-0.39, 0.29) is 12.3 Å². The lowest BCUT2D eigenvalue weighted by atomic mass is 9.98. The van der Waals surface area contributed by atoms with Gasteiger partial charge in [-0.1, -0.05) is 49.7 Å². The molecule has 0 aliphatic carbocycles. The smallest absolute Gasteiger partial charge is 0.328 e. The molecule has 2 rings (SSSR count). The quantitative estimate of drug-likeness (QED) is 0.407. The summed E-state index contributed by atoms with van der Waals surface area (Å²) in [7, 11) is 1.31. The van der Waals surface area contributed by atoms with Gasteiger partial charge in [0.05, 0.1) is 7.11 Å². The molecule has 0 bridgehead atoms. The van der Waals surface area contributed by atoms with Gasteiger partial charge in [0.15, 0.2) is 0 Å². The molecule has 7 nitrogen and oxygen atoms in total. The van der Waals surface area contributed by atoms with Crippen molar-refractivity contribution in [1.29, 1.82) is 0 Å². The van der Waals surface area contributed by atoms with Crippen LogP contribution in [0.3, 0.4) is 0 Å². The van der Waals surface area contributed by atoms with Crippen LogP contribution in [0, 0.1) is 0 Å². The van der Waals surface area contributed by atoms with E-state index in [1.807, 2.05) is 43.3 Å². The van der Waals surface area contributed by atoms with E-state index in [1.54, 1.807) is 12.1 Å². The molecule has 5 N–H and O–H groups in total. The van der Waals surface area contributed by atoms with Gasteiger partial charge in [0.1, 0.15) is 6.04 Å². The Morgan fingerprint density at radius 3 is 2.37 bits per heavy atom. The first-order chi connectivity index (χ1) is 13.0. The number of rotatable bonds is 6. The van der Waals surface area contributed by atoms with Crippen molar-refractivity contribution in [3.63, 3.8) is 0 Å². The first-order valence-corrected chi connectivity index (χ1v) is 8.47. The Kier molecular flexibility index (Phi) is 9.08. The number of primary amides is 1. The Balaban J connectivity index is 0.00000114. The monoisotopic (exact) mass is 371 g/mol. The Hall–Kier alpha value is -3.35. The van der Waals surface area contributed by atoms with Crippen molar-refractivity contribution in [3.05, 3.63) is 54.1 Å². The standard InChI is InChI=1S/C19H22N2O3.CH3NO/c1-3-7-17(19(23)24-2)21-18(22)16-12-14(20)10-11-15(16)13-8-5-4-6-9-13;2-1-3/h4-6,8-12,17H,3,7,20H2,1-2H3,(H,21,22);1H,(H2,2,3). The van der Waals surface area contributed by atoms with Crippen molar-refractivity contribution in [2.75, 3.05) is 12.8 Å². The van der Waals surface area contributed by atoms with E-state index in [4.69, 9.17) is 15.3 Å². The third kappa shape index (κ3) is 6.47. The molecule has 0 fully saturated rings. The molecule has 2 amide bonds. The zero-order valence-corrected chi connectivity index (χ0v) is 15.5. The summed E-state index contributed by atoms with van der Waals surface area (Å²) in [6.07, 6.45) is 1.52. The van der Waals surface area contributed by atoms with E-state index in [2.05, 4.69) is 11.1 Å². The van der Waals surface area contributed by atoms with Crippen LogP contribution in [-0.4, -0.2) is 31.4 Å². The van der Waals surface area contributed by atoms with Gasteiger partial charge in [-0.3, -0.25) is 9.59 Å². The van der Waals surface area contributed by atoms with Crippen molar-refractivity contribution in [2.45, 2.75) is 25.8 Å². The van der Waals surface area contributed by atoms with E-state index in [9.17, 15) is 9.59 Å². The number of nitrogen functional groups attached to an aromatic ring is 1. The normalized spacial score (nSPS) is 10.7. The van der Waals surface area contributed by atoms with E-state index in [0.717, 1.165) is 17.5 Å². The highest BCUT2D eigenvalue weighted by atomic mass is 16.5. The molecule has 0 aromatic heterocycles. The summed E-state index contributed by atoms with van der Waals surface area (Å²) < 4.78 is 4.76. The predicted molar refractivity (Wildman–Crippen MR) is 105 cm³/mol. The molecule has 2 aromatic rings. The average Bonchev–Trinajstić information content (AvgIpc) is 2.68. The molecule has 2 aromatic carbocycles. The highest BCUT2D eigenvalue weighted by Gasteiger charge is 2.22. The fraction of sp³-hybridized carbons (Fsp3) is 0.250. The van der Waals surface area contributed by atoms with Crippen LogP contribution in [0.4, 0.5) is 5.69 Å². The number of amides is 2. The van der Waals surface area contributed by atoms with Crippen molar-refractivity contribution in [1.82, 2.24) is 5.32 Å². The predicted octanol–water partition coefficient (Wildman–Crippen LogP) is 2.11. The van der Waals surface area contributed by atoms with Crippen LogP contribution < -0.4 is 16.8 Å². The van der Waals surface area contributed by atoms with Crippen LogP contribution in [0.1, 0.15) is 30.1 Å². The molecule has 1 unspecified atom stereocenters. The van der Waals surface area contributed by atoms with Gasteiger partial charge >= 0.3 is 5.97 Å². The summed E-state index contributed by atoms with van der Waals surface area (Å²) in [5.41, 5.74) is 12.6. The molecule has 27 heavy (non-hydrogen) atoms. The summed E-state index contributed by atoms with van der Waals surface area (Å²) in [5.74, 6) is -0.791. The summed E-state index contributed by atoms with van der Waals surface area (Å²) in [4.78, 5) is 33.1. The number of hydrogen-bond acceptors (Lipinski definition) is 5. The number of ether oxygens (including phenoxy) is 1. The van der Waals surface area contributed by atoms with Crippen molar-refractivity contribution in [2.24, 2.45) is 5.73 Å². The van der Waals surface area contributed by atoms with E-state index >= 15 is 0 Å². The number of methoxy groups -OCH3 is 1. The maximum Gasteiger partial charge on any atom is 0.328 e. The summed E-state index contributed by atoms with van der Waals surface area (Å²) in [5, 5.41) is 2.75. The van der Waals surface area contributed by atoms with E-state index < -0.39 is 12.0 Å². The second kappa shape index (κ2) is 11.3. The van der Waals surface area contributed by atoms with Crippen LogP contribution in [0.25, 0.3) is 11.1 Å². The molecule has 1 atom stereocenters. The number of anilines is 1. The highest BCUT2D eigenvalue weighted by Crippen LogP contribution is 2.25. The minimum absolute atomic E-state index is 0.250. The number of nitrogens with one attached hydrogen (secondary N) is 1. The fourth-order valence-corrected chi connectivity index (χ4v) is 2.54. The van der Waals surface area contributed by atoms with Crippen LogP contribution in [0.2, 0.25) is 0 Å². The van der Waals surface area contributed by atoms with Crippen molar-refractivity contribution < 1.29 is 19.1 Å². The zero-order valence-electron chi connectivity index (χ0n) is 15.5. The lowest BCUT2D eigenvalue weighted by Gasteiger charge is -2.17. The van der Waals surface area contributed by atoms with E-state index in [1.165, 1.54) is 7.11 Å². The molecular formula is C20H25N3O4. The van der Waals surface area contributed by atoms with Crippen LogP contribution in [0.15, 0.2) is 48.5 Å². The second-order valence-corrected chi connectivity index (χ2v) is 5.65. The first kappa shape index (κ1) is 21.7. The molecular weight excluding hydrogens is 346 g/mol. The molecule has 0 saturated heterocycles.